The number of hydrogen-bond acceptors (Lipinski definition) is 2. The number of rotatable bonds is 5. The first-order valence-electron chi connectivity index (χ1n) is 8.35. The van der Waals surface area contributed by atoms with Crippen molar-refractivity contribution in [1.82, 2.24) is 14.8 Å². The first-order chi connectivity index (χ1) is 10.2. The molecular weight excluding hydrogens is 262 g/mol. The second kappa shape index (κ2) is 6.22. The van der Waals surface area contributed by atoms with Gasteiger partial charge in [0.2, 0.25) is 0 Å². The Bertz CT molecular complexity index is 484. The van der Waals surface area contributed by atoms with Crippen LogP contribution in [-0.4, -0.2) is 41.1 Å². The van der Waals surface area contributed by atoms with Crippen LogP contribution in [0.1, 0.15) is 56.1 Å². The molecular formula is C17H27N3O. The standard InChI is InChI=1S/C17H27N3O/c1-13(2)19-10-4-6-16(19)17(21)20(15-7-8-15)12-14-5-3-9-18-11-14/h4,6,10,13-15,18H,3,5,7-9,11-12H2,1-2H3. The lowest BCUT2D eigenvalue weighted by Gasteiger charge is -2.31. The SMILES string of the molecule is CC(C)n1cccc1C(=O)N(CC1CCCNC1)C1CC1. The van der Waals surface area contributed by atoms with Crippen molar-refractivity contribution in [3.63, 3.8) is 0 Å². The molecule has 4 nitrogen and oxygen atoms in total. The highest BCUT2D eigenvalue weighted by atomic mass is 16.2. The highest BCUT2D eigenvalue weighted by Gasteiger charge is 2.35. The largest absolute Gasteiger partial charge is 0.341 e. The van der Waals surface area contributed by atoms with E-state index in [0.717, 1.165) is 25.3 Å². The molecule has 1 amide bonds. The van der Waals surface area contributed by atoms with Gasteiger partial charge in [0.1, 0.15) is 5.69 Å². The third-order valence-corrected chi connectivity index (χ3v) is 4.66. The van der Waals surface area contributed by atoms with Crippen molar-refractivity contribution in [2.24, 2.45) is 5.92 Å². The molecule has 2 aliphatic rings. The van der Waals surface area contributed by atoms with Gasteiger partial charge >= 0.3 is 0 Å². The number of aromatic nitrogens is 1. The summed E-state index contributed by atoms with van der Waals surface area (Å²) in [6, 6.07) is 4.77. The molecule has 1 aliphatic carbocycles. The molecule has 2 fully saturated rings. The van der Waals surface area contributed by atoms with E-state index in [1.54, 1.807) is 0 Å². The van der Waals surface area contributed by atoms with Crippen LogP contribution in [0.2, 0.25) is 0 Å². The van der Waals surface area contributed by atoms with Crippen LogP contribution < -0.4 is 5.32 Å². The van der Waals surface area contributed by atoms with Gasteiger partial charge in [-0.3, -0.25) is 4.79 Å². The number of piperidine rings is 1. The maximum atomic E-state index is 13.0. The summed E-state index contributed by atoms with van der Waals surface area (Å²) in [5.41, 5.74) is 0.848. The summed E-state index contributed by atoms with van der Waals surface area (Å²) in [4.78, 5) is 15.1. The van der Waals surface area contributed by atoms with Crippen LogP contribution in [0, 0.1) is 5.92 Å². The van der Waals surface area contributed by atoms with Gasteiger partial charge in [0.15, 0.2) is 0 Å². The number of nitrogens with one attached hydrogen (secondary N) is 1. The first-order valence-corrected chi connectivity index (χ1v) is 8.35. The van der Waals surface area contributed by atoms with Gasteiger partial charge in [0.05, 0.1) is 0 Å². The summed E-state index contributed by atoms with van der Waals surface area (Å²) in [7, 11) is 0. The van der Waals surface area contributed by atoms with E-state index in [0.29, 0.717) is 18.0 Å². The molecule has 0 aromatic carbocycles. The molecule has 4 heteroatoms. The zero-order valence-corrected chi connectivity index (χ0v) is 13.2. The fraction of sp³-hybridized carbons (Fsp3) is 0.706. The zero-order chi connectivity index (χ0) is 14.8. The average Bonchev–Trinajstić information content (AvgIpc) is 3.20. The minimum absolute atomic E-state index is 0.224. The average molecular weight is 289 g/mol. The number of nitrogens with zero attached hydrogens (tertiary/aromatic N) is 2. The van der Waals surface area contributed by atoms with Crippen LogP contribution >= 0.6 is 0 Å². The summed E-state index contributed by atoms with van der Waals surface area (Å²) in [6.45, 7) is 7.36. The Hall–Kier alpha value is -1.29. The van der Waals surface area contributed by atoms with Gasteiger partial charge in [-0.25, -0.2) is 0 Å². The molecule has 0 spiro atoms. The molecule has 1 aromatic rings. The van der Waals surface area contributed by atoms with Gasteiger partial charge in [0, 0.05) is 24.8 Å². The molecule has 1 unspecified atom stereocenters. The van der Waals surface area contributed by atoms with E-state index < -0.39 is 0 Å². The lowest BCUT2D eigenvalue weighted by atomic mass is 9.99. The van der Waals surface area contributed by atoms with Crippen molar-refractivity contribution >= 4 is 5.91 Å². The lowest BCUT2D eigenvalue weighted by Crippen LogP contribution is -2.42. The molecule has 3 rings (SSSR count). The third-order valence-electron chi connectivity index (χ3n) is 4.66. The fourth-order valence-electron chi connectivity index (χ4n) is 3.31. The Morgan fingerprint density at radius 1 is 1.43 bits per heavy atom. The van der Waals surface area contributed by atoms with Crippen molar-refractivity contribution < 1.29 is 4.79 Å². The monoisotopic (exact) mass is 289 g/mol. The normalized spacial score (nSPS) is 22.5. The highest BCUT2D eigenvalue weighted by Crippen LogP contribution is 2.30. The van der Waals surface area contributed by atoms with Crippen LogP contribution in [-0.2, 0) is 0 Å². The molecule has 1 saturated heterocycles. The predicted molar refractivity (Wildman–Crippen MR) is 84.5 cm³/mol. The fourth-order valence-corrected chi connectivity index (χ4v) is 3.31. The first kappa shape index (κ1) is 14.6. The van der Waals surface area contributed by atoms with Crippen LogP contribution in [0.25, 0.3) is 0 Å². The Morgan fingerprint density at radius 2 is 2.24 bits per heavy atom. The summed E-state index contributed by atoms with van der Waals surface area (Å²) in [6.07, 6.45) is 6.85. The van der Waals surface area contributed by atoms with Crippen molar-refractivity contribution in [2.45, 2.75) is 51.6 Å². The highest BCUT2D eigenvalue weighted by molar-refractivity contribution is 5.93. The number of amides is 1. The van der Waals surface area contributed by atoms with Gasteiger partial charge in [0.25, 0.3) is 5.91 Å². The van der Waals surface area contributed by atoms with Crippen LogP contribution in [0.5, 0.6) is 0 Å². The molecule has 1 aromatic heterocycles. The maximum absolute atomic E-state index is 13.0. The zero-order valence-electron chi connectivity index (χ0n) is 13.2. The molecule has 1 aliphatic heterocycles. The van der Waals surface area contributed by atoms with Gasteiger partial charge in [-0.05, 0) is 70.7 Å². The van der Waals surface area contributed by atoms with Crippen LogP contribution in [0.3, 0.4) is 0 Å². The van der Waals surface area contributed by atoms with Gasteiger partial charge < -0.3 is 14.8 Å². The summed E-state index contributed by atoms with van der Waals surface area (Å²) < 4.78 is 2.09. The van der Waals surface area contributed by atoms with Gasteiger partial charge in [-0.1, -0.05) is 0 Å². The molecule has 2 heterocycles. The van der Waals surface area contributed by atoms with E-state index in [1.165, 1.54) is 25.7 Å². The van der Waals surface area contributed by atoms with E-state index >= 15 is 0 Å². The minimum atomic E-state index is 0.224. The van der Waals surface area contributed by atoms with E-state index in [9.17, 15) is 4.79 Å². The van der Waals surface area contributed by atoms with Crippen molar-refractivity contribution in [1.29, 1.82) is 0 Å². The third kappa shape index (κ3) is 3.31. The van der Waals surface area contributed by atoms with Crippen molar-refractivity contribution in [3.05, 3.63) is 24.0 Å². The molecule has 116 valence electrons. The summed E-state index contributed by atoms with van der Waals surface area (Å²) in [5, 5.41) is 3.46. The smallest absolute Gasteiger partial charge is 0.270 e. The molecule has 0 radical (unpaired) electrons. The molecule has 0 bridgehead atoms. The van der Waals surface area contributed by atoms with Gasteiger partial charge in [-0.2, -0.15) is 0 Å². The van der Waals surface area contributed by atoms with E-state index in [1.807, 2.05) is 18.3 Å². The minimum Gasteiger partial charge on any atom is -0.341 e. The summed E-state index contributed by atoms with van der Waals surface area (Å²) in [5.74, 6) is 0.840. The van der Waals surface area contributed by atoms with Crippen molar-refractivity contribution in [2.75, 3.05) is 19.6 Å². The summed E-state index contributed by atoms with van der Waals surface area (Å²) >= 11 is 0. The molecule has 21 heavy (non-hydrogen) atoms. The lowest BCUT2D eigenvalue weighted by molar-refractivity contribution is 0.0691. The quantitative estimate of drug-likeness (QED) is 0.905. The van der Waals surface area contributed by atoms with E-state index in [-0.39, 0.29) is 5.91 Å². The second-order valence-electron chi connectivity index (χ2n) is 6.80. The maximum Gasteiger partial charge on any atom is 0.270 e. The van der Waals surface area contributed by atoms with E-state index in [2.05, 4.69) is 28.6 Å². The molecule has 1 atom stereocenters. The van der Waals surface area contributed by atoms with Gasteiger partial charge in [-0.15, -0.1) is 0 Å². The molecule has 1 N–H and O–H groups in total. The number of hydrogen-bond donors (Lipinski definition) is 1. The Labute approximate surface area is 127 Å². The van der Waals surface area contributed by atoms with Crippen molar-refractivity contribution in [3.8, 4) is 0 Å². The number of carbonyl (C=O) groups is 1. The van der Waals surface area contributed by atoms with E-state index in [4.69, 9.17) is 0 Å². The predicted octanol–water partition coefficient (Wildman–Crippen LogP) is 2.67. The topological polar surface area (TPSA) is 37.3 Å². The van der Waals surface area contributed by atoms with Crippen LogP contribution in [0.15, 0.2) is 18.3 Å². The second-order valence-corrected chi connectivity index (χ2v) is 6.80. The number of carbonyl (C=O) groups excluding carboxylic acids is 1. The van der Waals surface area contributed by atoms with Crippen LogP contribution in [0.4, 0.5) is 0 Å². The Kier molecular flexibility index (Phi) is 4.34. The Morgan fingerprint density at radius 3 is 2.86 bits per heavy atom. The Balaban J connectivity index is 1.73. The molecule has 1 saturated carbocycles.